The Morgan fingerprint density at radius 2 is 1.61 bits per heavy atom. The monoisotopic (exact) mass is 740 g/mol. The number of aromatic hydroxyl groups is 1. The van der Waals surface area contributed by atoms with E-state index in [1.807, 2.05) is 102 Å². The number of amides is 2. The smallest absolute Gasteiger partial charge is 0.324 e. The van der Waals surface area contributed by atoms with Gasteiger partial charge in [0.25, 0.3) is 0 Å². The second-order valence-electron chi connectivity index (χ2n) is 14.1. The van der Waals surface area contributed by atoms with E-state index in [2.05, 4.69) is 39.4 Å². The van der Waals surface area contributed by atoms with Crippen LogP contribution in [0.25, 0.3) is 11.0 Å². The van der Waals surface area contributed by atoms with E-state index in [9.17, 15) is 14.7 Å². The first kappa shape index (κ1) is 34.7. The number of esters is 1. The van der Waals surface area contributed by atoms with Crippen LogP contribution >= 0.6 is 0 Å². The molecule has 2 fully saturated rings. The molecule has 0 bridgehead atoms. The number of ether oxygens (including phenoxy) is 1. The van der Waals surface area contributed by atoms with Gasteiger partial charge in [-0.05, 0) is 64.7 Å². The second-order valence-corrected chi connectivity index (χ2v) is 14.1. The summed E-state index contributed by atoms with van der Waals surface area (Å²) in [5.74, 6) is 3.66. The molecule has 3 N–H and O–H groups in total. The molecule has 2 saturated heterocycles. The van der Waals surface area contributed by atoms with Crippen LogP contribution in [-0.4, -0.2) is 55.4 Å². The van der Waals surface area contributed by atoms with Crippen molar-refractivity contribution < 1.29 is 24.2 Å². The second kappa shape index (κ2) is 14.0. The molecule has 6 aromatic rings. The Balaban J connectivity index is 1.27. The average molecular weight is 741 g/mol. The number of hydrogen-bond donors (Lipinski definition) is 3. The van der Waals surface area contributed by atoms with Crippen LogP contribution in [0.15, 0.2) is 140 Å². The Morgan fingerprint density at radius 3 is 2.36 bits per heavy atom. The number of rotatable bonds is 7. The van der Waals surface area contributed by atoms with Crippen LogP contribution in [0.5, 0.6) is 5.75 Å². The highest BCUT2D eigenvalue weighted by molar-refractivity contribution is 6.12. The molecule has 56 heavy (non-hydrogen) atoms. The van der Waals surface area contributed by atoms with E-state index in [0.29, 0.717) is 22.4 Å². The first-order valence-electron chi connectivity index (χ1n) is 18.4. The Hall–Kier alpha value is -7.03. The van der Waals surface area contributed by atoms with Crippen LogP contribution < -0.4 is 10.6 Å². The number of carbonyl (C=O) groups excluding carboxylic acids is 3. The lowest BCUT2D eigenvalue weighted by molar-refractivity contribution is -0.178. The fourth-order valence-corrected chi connectivity index (χ4v) is 8.86. The van der Waals surface area contributed by atoms with Gasteiger partial charge in [-0.3, -0.25) is 19.3 Å². The SMILES string of the molecule is C=CCNC(=O)[C@@H]1[C@H]2C(=O)O[C@H](c3ccccc3)[C@H](c3ccccc3)N2[C@H](c2ccc(O)cc2)[C@@]12C(=O)Nc1ccc(C#CCn3nnc4ccccc43)cc12. The Labute approximate surface area is 322 Å². The summed E-state index contributed by atoms with van der Waals surface area (Å²) in [7, 11) is 0. The lowest BCUT2D eigenvalue weighted by Gasteiger charge is -2.46. The summed E-state index contributed by atoms with van der Waals surface area (Å²) in [4.78, 5) is 46.7. The van der Waals surface area contributed by atoms with Crippen molar-refractivity contribution in [3.05, 3.63) is 168 Å². The lowest BCUT2D eigenvalue weighted by Crippen LogP contribution is -2.54. The van der Waals surface area contributed by atoms with Gasteiger partial charge < -0.3 is 20.5 Å². The number of fused-ring (bicyclic) bond motifs is 4. The Kier molecular flexibility index (Phi) is 8.67. The summed E-state index contributed by atoms with van der Waals surface area (Å²) in [6.07, 6.45) is 0.768. The number of benzene rings is 5. The maximum atomic E-state index is 15.2. The molecule has 5 aromatic carbocycles. The van der Waals surface area contributed by atoms with E-state index in [0.717, 1.165) is 22.2 Å². The number of phenolic OH excluding ortho intramolecular Hbond substituents is 1. The number of aromatic nitrogens is 3. The molecule has 0 saturated carbocycles. The number of para-hydroxylation sites is 1. The minimum absolute atomic E-state index is 0.0337. The molecule has 2 amide bonds. The van der Waals surface area contributed by atoms with Gasteiger partial charge in [-0.25, -0.2) is 4.68 Å². The molecule has 0 aliphatic carbocycles. The fourth-order valence-electron chi connectivity index (χ4n) is 8.86. The molecular weight excluding hydrogens is 705 g/mol. The molecule has 4 heterocycles. The van der Waals surface area contributed by atoms with Crippen molar-refractivity contribution in [1.29, 1.82) is 0 Å². The van der Waals surface area contributed by atoms with Crippen LogP contribution in [0.1, 0.15) is 46.0 Å². The van der Waals surface area contributed by atoms with E-state index in [1.54, 1.807) is 41.1 Å². The van der Waals surface area contributed by atoms with Gasteiger partial charge in [0.15, 0.2) is 0 Å². The zero-order valence-electron chi connectivity index (χ0n) is 30.1. The van der Waals surface area contributed by atoms with Crippen LogP contribution in [0.4, 0.5) is 5.69 Å². The van der Waals surface area contributed by atoms with E-state index in [1.165, 1.54) is 0 Å². The van der Waals surface area contributed by atoms with Crippen molar-refractivity contribution in [1.82, 2.24) is 25.2 Å². The normalized spacial score (nSPS) is 23.8. The summed E-state index contributed by atoms with van der Waals surface area (Å²) in [5.41, 5.74) is 3.83. The summed E-state index contributed by atoms with van der Waals surface area (Å²) in [5, 5.41) is 25.0. The van der Waals surface area contributed by atoms with Crippen LogP contribution in [0, 0.1) is 17.8 Å². The highest BCUT2D eigenvalue weighted by Crippen LogP contribution is 2.64. The van der Waals surface area contributed by atoms with Gasteiger partial charge in [0.05, 0.1) is 23.5 Å². The third-order valence-corrected chi connectivity index (χ3v) is 11.1. The first-order chi connectivity index (χ1) is 27.4. The number of anilines is 1. The quantitative estimate of drug-likeness (QED) is 0.107. The molecule has 11 nitrogen and oxygen atoms in total. The minimum Gasteiger partial charge on any atom is -0.508 e. The molecule has 276 valence electrons. The average Bonchev–Trinajstić information content (AvgIpc) is 3.88. The highest BCUT2D eigenvalue weighted by atomic mass is 16.6. The maximum Gasteiger partial charge on any atom is 0.324 e. The van der Waals surface area contributed by atoms with E-state index in [4.69, 9.17) is 4.74 Å². The fraction of sp³-hybridized carbons (Fsp3) is 0.178. The van der Waals surface area contributed by atoms with Crippen molar-refractivity contribution in [2.75, 3.05) is 11.9 Å². The number of phenols is 1. The van der Waals surface area contributed by atoms with Gasteiger partial charge in [0.1, 0.15) is 35.4 Å². The van der Waals surface area contributed by atoms with Gasteiger partial charge in [0.2, 0.25) is 11.8 Å². The van der Waals surface area contributed by atoms with E-state index in [-0.39, 0.29) is 18.8 Å². The van der Waals surface area contributed by atoms with Gasteiger partial charge >= 0.3 is 5.97 Å². The van der Waals surface area contributed by atoms with Crippen molar-refractivity contribution >= 4 is 34.5 Å². The Morgan fingerprint density at radius 1 is 0.893 bits per heavy atom. The van der Waals surface area contributed by atoms with E-state index < -0.39 is 53.3 Å². The first-order valence-corrected chi connectivity index (χ1v) is 18.4. The van der Waals surface area contributed by atoms with E-state index >= 15 is 4.79 Å². The number of cyclic esters (lactones) is 1. The summed E-state index contributed by atoms with van der Waals surface area (Å²) < 4.78 is 8.14. The number of nitrogens with one attached hydrogen (secondary N) is 2. The molecule has 0 unspecified atom stereocenters. The summed E-state index contributed by atoms with van der Waals surface area (Å²) in [6.45, 7) is 4.17. The molecule has 6 atom stereocenters. The molecule has 1 spiro atoms. The van der Waals surface area contributed by atoms with Crippen LogP contribution in [0.3, 0.4) is 0 Å². The van der Waals surface area contributed by atoms with Gasteiger partial charge in [0, 0.05) is 17.8 Å². The lowest BCUT2D eigenvalue weighted by atomic mass is 9.65. The van der Waals surface area contributed by atoms with Crippen molar-refractivity contribution in [2.45, 2.75) is 36.2 Å². The molecule has 11 heteroatoms. The molecule has 9 rings (SSSR count). The number of carbonyl (C=O) groups is 3. The predicted molar refractivity (Wildman–Crippen MR) is 209 cm³/mol. The predicted octanol–water partition coefficient (Wildman–Crippen LogP) is 5.76. The number of morpholine rings is 1. The van der Waals surface area contributed by atoms with Crippen molar-refractivity contribution in [3.63, 3.8) is 0 Å². The third-order valence-electron chi connectivity index (χ3n) is 11.1. The van der Waals surface area contributed by atoms with Crippen LogP contribution in [0.2, 0.25) is 0 Å². The standard InChI is InChI=1S/C45H36N6O5/c1-2-25-46-42(53)37-39-43(54)56-40(30-15-7-4-8-16-30)38(29-13-5-3-6-14-29)51(39)41(31-20-22-32(52)23-21-31)45(37)33-27-28(19-24-34(33)47-44(45)55)12-11-26-50-36-18-10-9-17-35(36)48-49-50/h2-10,13-24,27,37-41,52H,1,25-26H2,(H,46,53)(H,47,55)/t37-,38-,39-,40+,41+,45-/m0/s1. The maximum absolute atomic E-state index is 15.2. The Bertz CT molecular complexity index is 2560. The summed E-state index contributed by atoms with van der Waals surface area (Å²) in [6, 6.07) is 36.2. The van der Waals surface area contributed by atoms with Gasteiger partial charge in [-0.1, -0.05) is 108 Å². The molecule has 3 aliphatic heterocycles. The zero-order valence-corrected chi connectivity index (χ0v) is 30.1. The zero-order chi connectivity index (χ0) is 38.4. The topological polar surface area (TPSA) is 139 Å². The molecule has 1 aromatic heterocycles. The molecule has 0 radical (unpaired) electrons. The van der Waals surface area contributed by atoms with Gasteiger partial charge in [-0.2, -0.15) is 0 Å². The van der Waals surface area contributed by atoms with Crippen molar-refractivity contribution in [2.24, 2.45) is 5.92 Å². The highest BCUT2D eigenvalue weighted by Gasteiger charge is 2.74. The molecule has 3 aliphatic rings. The minimum atomic E-state index is -1.67. The number of nitrogens with zero attached hydrogens (tertiary/aromatic N) is 4. The summed E-state index contributed by atoms with van der Waals surface area (Å²) >= 11 is 0. The third kappa shape index (κ3) is 5.53. The van der Waals surface area contributed by atoms with Crippen LogP contribution in [-0.2, 0) is 31.1 Å². The number of hydrogen-bond acceptors (Lipinski definition) is 8. The van der Waals surface area contributed by atoms with Crippen molar-refractivity contribution in [3.8, 4) is 17.6 Å². The largest absolute Gasteiger partial charge is 0.508 e. The molecular formula is C45H36N6O5. The van der Waals surface area contributed by atoms with Gasteiger partial charge in [-0.15, -0.1) is 11.7 Å².